The summed E-state index contributed by atoms with van der Waals surface area (Å²) in [6, 6.07) is 8.43. The molecule has 1 fully saturated rings. The molecular formula is C19H20BrN3O3. The van der Waals surface area contributed by atoms with Crippen LogP contribution in [0.4, 0.5) is 4.79 Å². The molecule has 1 aliphatic heterocycles. The van der Waals surface area contributed by atoms with Crippen molar-refractivity contribution in [1.82, 2.24) is 14.8 Å². The third-order valence-electron chi connectivity index (χ3n) is 5.05. The molecule has 136 valence electrons. The van der Waals surface area contributed by atoms with Gasteiger partial charge >= 0.3 is 6.03 Å². The summed E-state index contributed by atoms with van der Waals surface area (Å²) in [5.41, 5.74) is 1.76. The number of amides is 3. The molecule has 0 unspecified atom stereocenters. The van der Waals surface area contributed by atoms with Crippen molar-refractivity contribution in [1.29, 1.82) is 0 Å². The van der Waals surface area contributed by atoms with Gasteiger partial charge in [0.2, 0.25) is 0 Å². The Morgan fingerprint density at radius 3 is 2.50 bits per heavy atom. The second kappa shape index (κ2) is 6.39. The van der Waals surface area contributed by atoms with Gasteiger partial charge in [0.05, 0.1) is 6.54 Å². The number of aromatic nitrogens is 1. The first-order chi connectivity index (χ1) is 12.1. The van der Waals surface area contributed by atoms with Crippen molar-refractivity contribution in [3.05, 3.63) is 57.3 Å². The average Bonchev–Trinajstić information content (AvgIpc) is 2.97. The molecule has 1 aromatic carbocycles. The molecule has 0 radical (unpaired) electrons. The SMILES string of the molecule is Cc1cc(C(=O)CN2C(=O)N[C@@](C)(c3cccc(Br)c3)C2=O)c(C)n1C. The van der Waals surface area contributed by atoms with Crippen LogP contribution in [0, 0.1) is 13.8 Å². The van der Waals surface area contributed by atoms with Gasteiger partial charge < -0.3 is 9.88 Å². The molecular weight excluding hydrogens is 398 g/mol. The summed E-state index contributed by atoms with van der Waals surface area (Å²) in [7, 11) is 1.87. The fourth-order valence-electron chi connectivity index (χ4n) is 3.20. The Labute approximate surface area is 160 Å². The number of ketones is 1. The van der Waals surface area contributed by atoms with Gasteiger partial charge in [0, 0.05) is 28.5 Å². The van der Waals surface area contributed by atoms with E-state index < -0.39 is 17.5 Å². The number of rotatable bonds is 4. The summed E-state index contributed by atoms with van der Waals surface area (Å²) in [4.78, 5) is 39.0. The molecule has 7 heteroatoms. The Morgan fingerprint density at radius 2 is 1.92 bits per heavy atom. The molecule has 2 heterocycles. The summed E-state index contributed by atoms with van der Waals surface area (Å²) < 4.78 is 2.72. The molecule has 3 amide bonds. The standard InChI is InChI=1S/C19H20BrN3O3/c1-11-8-15(12(2)22(11)4)16(24)10-23-17(25)19(3,21-18(23)26)13-6-5-7-14(20)9-13/h5-9H,10H2,1-4H3,(H,21,26)/t19-/m0/s1. The fourth-order valence-corrected chi connectivity index (χ4v) is 3.60. The Hall–Kier alpha value is -2.41. The first-order valence-electron chi connectivity index (χ1n) is 8.21. The van der Waals surface area contributed by atoms with Gasteiger partial charge in [0.1, 0.15) is 5.54 Å². The maximum Gasteiger partial charge on any atom is 0.325 e. The highest BCUT2D eigenvalue weighted by molar-refractivity contribution is 9.10. The van der Waals surface area contributed by atoms with E-state index in [1.165, 1.54) is 0 Å². The first-order valence-corrected chi connectivity index (χ1v) is 9.00. The van der Waals surface area contributed by atoms with E-state index in [4.69, 9.17) is 0 Å². The molecule has 26 heavy (non-hydrogen) atoms. The molecule has 0 saturated carbocycles. The summed E-state index contributed by atoms with van der Waals surface area (Å²) in [5.74, 6) is -0.688. The number of nitrogens with one attached hydrogen (secondary N) is 1. The minimum atomic E-state index is -1.19. The van der Waals surface area contributed by atoms with E-state index in [9.17, 15) is 14.4 Å². The molecule has 6 nitrogen and oxygen atoms in total. The van der Waals surface area contributed by atoms with Crippen molar-refractivity contribution in [3.63, 3.8) is 0 Å². The van der Waals surface area contributed by atoms with Crippen LogP contribution in [-0.2, 0) is 17.4 Å². The zero-order valence-corrected chi connectivity index (χ0v) is 16.7. The molecule has 1 aliphatic rings. The summed E-state index contributed by atoms with van der Waals surface area (Å²) in [6.07, 6.45) is 0. The largest absolute Gasteiger partial charge is 0.351 e. The van der Waals surface area contributed by atoms with Crippen molar-refractivity contribution in [2.45, 2.75) is 26.3 Å². The number of hydrogen-bond acceptors (Lipinski definition) is 3. The second-order valence-electron chi connectivity index (χ2n) is 6.72. The van der Waals surface area contributed by atoms with Crippen LogP contribution in [0.25, 0.3) is 0 Å². The van der Waals surface area contributed by atoms with Gasteiger partial charge in [-0.2, -0.15) is 0 Å². The molecule has 1 aromatic heterocycles. The van der Waals surface area contributed by atoms with Crippen LogP contribution in [0.3, 0.4) is 0 Å². The summed E-state index contributed by atoms with van der Waals surface area (Å²) >= 11 is 3.38. The third-order valence-corrected chi connectivity index (χ3v) is 5.55. The Bertz CT molecular complexity index is 934. The number of hydrogen-bond donors (Lipinski definition) is 1. The minimum absolute atomic E-state index is 0.256. The summed E-state index contributed by atoms with van der Waals surface area (Å²) in [5, 5.41) is 2.72. The van der Waals surface area contributed by atoms with E-state index in [2.05, 4.69) is 21.2 Å². The van der Waals surface area contributed by atoms with Gasteiger partial charge in [-0.15, -0.1) is 0 Å². The highest BCUT2D eigenvalue weighted by Gasteiger charge is 2.49. The van der Waals surface area contributed by atoms with Crippen molar-refractivity contribution in [2.24, 2.45) is 7.05 Å². The van der Waals surface area contributed by atoms with Gasteiger partial charge in [0.15, 0.2) is 5.78 Å². The van der Waals surface area contributed by atoms with Crippen LogP contribution in [0.1, 0.15) is 34.2 Å². The van der Waals surface area contributed by atoms with Crippen LogP contribution in [0.5, 0.6) is 0 Å². The predicted molar refractivity (Wildman–Crippen MR) is 101 cm³/mol. The number of nitrogens with zero attached hydrogens (tertiary/aromatic N) is 2. The van der Waals surface area contributed by atoms with Crippen LogP contribution in [0.15, 0.2) is 34.8 Å². The number of Topliss-reactive ketones (excluding diaryl/α,β-unsaturated/α-hetero) is 1. The monoisotopic (exact) mass is 417 g/mol. The lowest BCUT2D eigenvalue weighted by atomic mass is 9.92. The van der Waals surface area contributed by atoms with Gasteiger partial charge in [-0.3, -0.25) is 14.5 Å². The predicted octanol–water partition coefficient (Wildman–Crippen LogP) is 3.05. The zero-order valence-electron chi connectivity index (χ0n) is 15.1. The minimum Gasteiger partial charge on any atom is -0.351 e. The molecule has 1 atom stereocenters. The van der Waals surface area contributed by atoms with E-state index in [0.717, 1.165) is 20.8 Å². The van der Waals surface area contributed by atoms with Crippen molar-refractivity contribution >= 4 is 33.7 Å². The number of carbonyl (C=O) groups excluding carboxylic acids is 3. The lowest BCUT2D eigenvalue weighted by Gasteiger charge is -2.22. The normalized spacial score (nSPS) is 19.8. The van der Waals surface area contributed by atoms with Crippen LogP contribution in [0.2, 0.25) is 0 Å². The van der Waals surface area contributed by atoms with Gasteiger partial charge in [-0.25, -0.2) is 4.79 Å². The number of benzene rings is 1. The van der Waals surface area contributed by atoms with E-state index >= 15 is 0 Å². The topological polar surface area (TPSA) is 71.4 Å². The second-order valence-corrected chi connectivity index (χ2v) is 7.64. The van der Waals surface area contributed by atoms with Gasteiger partial charge in [-0.1, -0.05) is 28.1 Å². The Balaban J connectivity index is 1.88. The number of aryl methyl sites for hydroxylation is 1. The van der Waals surface area contributed by atoms with Crippen LogP contribution >= 0.6 is 15.9 Å². The zero-order chi connectivity index (χ0) is 19.2. The highest BCUT2D eigenvalue weighted by Crippen LogP contribution is 2.30. The van der Waals surface area contributed by atoms with Crippen molar-refractivity contribution in [3.8, 4) is 0 Å². The van der Waals surface area contributed by atoms with Gasteiger partial charge in [0.25, 0.3) is 5.91 Å². The fraction of sp³-hybridized carbons (Fsp3) is 0.316. The lowest BCUT2D eigenvalue weighted by molar-refractivity contribution is -0.130. The maximum atomic E-state index is 12.9. The Kier molecular flexibility index (Phi) is 4.52. The Morgan fingerprint density at radius 1 is 1.23 bits per heavy atom. The number of carbonyl (C=O) groups is 3. The van der Waals surface area contributed by atoms with Crippen molar-refractivity contribution in [2.75, 3.05) is 6.54 Å². The van der Waals surface area contributed by atoms with E-state index in [0.29, 0.717) is 11.1 Å². The molecule has 0 spiro atoms. The molecule has 1 saturated heterocycles. The van der Waals surface area contributed by atoms with E-state index in [-0.39, 0.29) is 12.3 Å². The maximum absolute atomic E-state index is 12.9. The smallest absolute Gasteiger partial charge is 0.325 e. The first kappa shape index (κ1) is 18.4. The lowest BCUT2D eigenvalue weighted by Crippen LogP contribution is -2.41. The quantitative estimate of drug-likeness (QED) is 0.613. The molecule has 1 N–H and O–H groups in total. The molecule has 0 bridgehead atoms. The molecule has 2 aromatic rings. The van der Waals surface area contributed by atoms with Crippen LogP contribution < -0.4 is 5.32 Å². The number of urea groups is 1. The van der Waals surface area contributed by atoms with Gasteiger partial charge in [-0.05, 0) is 44.5 Å². The molecule has 3 rings (SSSR count). The van der Waals surface area contributed by atoms with E-state index in [1.807, 2.05) is 31.5 Å². The summed E-state index contributed by atoms with van der Waals surface area (Å²) in [6.45, 7) is 5.12. The molecule has 0 aliphatic carbocycles. The third kappa shape index (κ3) is 2.86. The van der Waals surface area contributed by atoms with Crippen LogP contribution in [-0.4, -0.2) is 33.7 Å². The number of halogens is 1. The van der Waals surface area contributed by atoms with E-state index in [1.54, 1.807) is 31.2 Å². The highest BCUT2D eigenvalue weighted by atomic mass is 79.9. The number of imide groups is 1. The average molecular weight is 418 g/mol. The van der Waals surface area contributed by atoms with Crippen molar-refractivity contribution < 1.29 is 14.4 Å².